The van der Waals surface area contributed by atoms with Crippen LogP contribution in [0, 0.1) is 5.41 Å². The van der Waals surface area contributed by atoms with Gasteiger partial charge in [0.05, 0.1) is 0 Å². The summed E-state index contributed by atoms with van der Waals surface area (Å²) < 4.78 is 0. The highest BCUT2D eigenvalue weighted by Gasteiger charge is 2.14. The molecule has 0 aromatic carbocycles. The summed E-state index contributed by atoms with van der Waals surface area (Å²) in [6.07, 6.45) is 1.67. The first kappa shape index (κ1) is 11.1. The Morgan fingerprint density at radius 1 is 1.50 bits per heavy atom. The van der Waals surface area contributed by atoms with Crippen LogP contribution in [0.15, 0.2) is 30.6 Å². The largest absolute Gasteiger partial charge is 0.344 e. The minimum absolute atomic E-state index is 0.0179. The third kappa shape index (κ3) is 3.04. The average Bonchev–Trinajstić information content (AvgIpc) is 2.02. The molecule has 1 rings (SSSR count). The molecule has 0 spiro atoms. The second-order valence-electron chi connectivity index (χ2n) is 4.21. The number of allylic oxidation sites excluding steroid dienone is 1. The van der Waals surface area contributed by atoms with Gasteiger partial charge in [-0.25, -0.2) is 4.98 Å². The molecule has 0 aliphatic carbocycles. The van der Waals surface area contributed by atoms with Gasteiger partial charge in [-0.05, 0) is 12.1 Å². The number of hydrogen-bond acceptors (Lipinski definition) is 2. The normalized spacial score (nSPS) is 11.1. The standard InChI is InChI=1S/C11H15ClN2/c1-8(11(2,3)4)14-10-7-9(12)5-6-13-10/h5-7H,1H2,2-4H3,(H,13,14). The number of hydrogen-bond donors (Lipinski definition) is 1. The molecular formula is C11H15ClN2. The van der Waals surface area contributed by atoms with E-state index < -0.39 is 0 Å². The molecule has 0 fully saturated rings. The van der Waals surface area contributed by atoms with E-state index in [1.807, 2.05) is 0 Å². The van der Waals surface area contributed by atoms with Crippen LogP contribution in [0.1, 0.15) is 20.8 Å². The fourth-order valence-electron chi connectivity index (χ4n) is 0.815. The highest BCUT2D eigenvalue weighted by molar-refractivity contribution is 6.30. The summed E-state index contributed by atoms with van der Waals surface area (Å²) in [4.78, 5) is 4.14. The lowest BCUT2D eigenvalue weighted by Crippen LogP contribution is -2.16. The van der Waals surface area contributed by atoms with Crippen LogP contribution in [0.25, 0.3) is 0 Å². The first-order valence-electron chi connectivity index (χ1n) is 4.47. The van der Waals surface area contributed by atoms with Crippen molar-refractivity contribution in [2.24, 2.45) is 5.41 Å². The highest BCUT2D eigenvalue weighted by atomic mass is 35.5. The van der Waals surface area contributed by atoms with Crippen molar-refractivity contribution in [3.05, 3.63) is 35.6 Å². The van der Waals surface area contributed by atoms with E-state index in [9.17, 15) is 0 Å². The van der Waals surface area contributed by atoms with E-state index in [1.54, 1.807) is 18.3 Å². The Morgan fingerprint density at radius 2 is 2.14 bits per heavy atom. The monoisotopic (exact) mass is 210 g/mol. The summed E-state index contributed by atoms with van der Waals surface area (Å²) in [6.45, 7) is 10.2. The van der Waals surface area contributed by atoms with E-state index >= 15 is 0 Å². The van der Waals surface area contributed by atoms with Gasteiger partial charge in [0, 0.05) is 22.3 Å². The van der Waals surface area contributed by atoms with Crippen molar-refractivity contribution in [2.75, 3.05) is 5.32 Å². The molecule has 0 radical (unpaired) electrons. The quantitative estimate of drug-likeness (QED) is 0.805. The number of pyridine rings is 1. The van der Waals surface area contributed by atoms with Gasteiger partial charge < -0.3 is 5.32 Å². The molecule has 0 aliphatic heterocycles. The van der Waals surface area contributed by atoms with Gasteiger partial charge in [-0.3, -0.25) is 0 Å². The number of aromatic nitrogens is 1. The molecule has 0 unspecified atom stereocenters. The Kier molecular flexibility index (Phi) is 3.17. The Hall–Kier alpha value is -1.02. The van der Waals surface area contributed by atoms with Crippen molar-refractivity contribution in [1.82, 2.24) is 4.98 Å². The lowest BCUT2D eigenvalue weighted by Gasteiger charge is -2.22. The van der Waals surface area contributed by atoms with Crippen molar-refractivity contribution in [3.8, 4) is 0 Å². The Bertz CT molecular complexity index is 339. The van der Waals surface area contributed by atoms with E-state index in [1.165, 1.54) is 0 Å². The fourth-order valence-corrected chi connectivity index (χ4v) is 0.975. The second kappa shape index (κ2) is 4.01. The lowest BCUT2D eigenvalue weighted by molar-refractivity contribution is 0.509. The van der Waals surface area contributed by atoms with Gasteiger partial charge in [0.25, 0.3) is 0 Å². The summed E-state index contributed by atoms with van der Waals surface area (Å²) in [7, 11) is 0. The van der Waals surface area contributed by atoms with Crippen LogP contribution in [0.4, 0.5) is 5.82 Å². The molecule has 1 N–H and O–H groups in total. The maximum Gasteiger partial charge on any atom is 0.131 e. The van der Waals surface area contributed by atoms with Crippen LogP contribution in [-0.2, 0) is 0 Å². The van der Waals surface area contributed by atoms with Crippen molar-refractivity contribution in [1.29, 1.82) is 0 Å². The van der Waals surface area contributed by atoms with Crippen LogP contribution in [0.3, 0.4) is 0 Å². The van der Waals surface area contributed by atoms with Gasteiger partial charge in [-0.1, -0.05) is 39.0 Å². The van der Waals surface area contributed by atoms with Crippen molar-refractivity contribution < 1.29 is 0 Å². The summed E-state index contributed by atoms with van der Waals surface area (Å²) in [5, 5.41) is 3.80. The highest BCUT2D eigenvalue weighted by Crippen LogP contribution is 2.24. The molecule has 0 saturated heterocycles. The second-order valence-corrected chi connectivity index (χ2v) is 4.65. The molecule has 14 heavy (non-hydrogen) atoms. The zero-order chi connectivity index (χ0) is 10.8. The predicted molar refractivity (Wildman–Crippen MR) is 61.5 cm³/mol. The van der Waals surface area contributed by atoms with Gasteiger partial charge in [-0.15, -0.1) is 0 Å². The molecule has 0 amide bonds. The fraction of sp³-hybridized carbons (Fsp3) is 0.364. The van der Waals surface area contributed by atoms with Crippen molar-refractivity contribution >= 4 is 17.4 Å². The minimum Gasteiger partial charge on any atom is -0.344 e. The maximum absolute atomic E-state index is 5.83. The number of nitrogens with one attached hydrogen (secondary N) is 1. The van der Waals surface area contributed by atoms with Crippen LogP contribution in [0.5, 0.6) is 0 Å². The van der Waals surface area contributed by atoms with Crippen LogP contribution >= 0.6 is 11.6 Å². The first-order valence-corrected chi connectivity index (χ1v) is 4.85. The summed E-state index contributed by atoms with van der Waals surface area (Å²) >= 11 is 5.83. The number of halogens is 1. The van der Waals surface area contributed by atoms with E-state index in [2.05, 4.69) is 37.7 Å². The van der Waals surface area contributed by atoms with Gasteiger partial charge >= 0.3 is 0 Å². The van der Waals surface area contributed by atoms with Gasteiger partial charge in [0.15, 0.2) is 0 Å². The average molecular weight is 211 g/mol. The van der Waals surface area contributed by atoms with Gasteiger partial charge in [0.2, 0.25) is 0 Å². The minimum atomic E-state index is 0.0179. The first-order chi connectivity index (χ1) is 6.39. The van der Waals surface area contributed by atoms with Crippen molar-refractivity contribution in [3.63, 3.8) is 0 Å². The van der Waals surface area contributed by atoms with Crippen molar-refractivity contribution in [2.45, 2.75) is 20.8 Å². The molecule has 1 aromatic rings. The Balaban J connectivity index is 2.75. The molecule has 1 aromatic heterocycles. The zero-order valence-electron chi connectivity index (χ0n) is 8.76. The summed E-state index contributed by atoms with van der Waals surface area (Å²) in [5.74, 6) is 0.734. The summed E-state index contributed by atoms with van der Waals surface area (Å²) in [5.41, 5.74) is 0.941. The molecule has 2 nitrogen and oxygen atoms in total. The lowest BCUT2D eigenvalue weighted by atomic mass is 9.93. The number of nitrogens with zero attached hydrogens (tertiary/aromatic N) is 1. The molecule has 0 bridgehead atoms. The van der Waals surface area contributed by atoms with Gasteiger partial charge in [-0.2, -0.15) is 0 Å². The van der Waals surface area contributed by atoms with E-state index in [4.69, 9.17) is 11.6 Å². The number of rotatable bonds is 2. The summed E-state index contributed by atoms with van der Waals surface area (Å²) in [6, 6.07) is 3.52. The van der Waals surface area contributed by atoms with E-state index in [-0.39, 0.29) is 5.41 Å². The smallest absolute Gasteiger partial charge is 0.131 e. The van der Waals surface area contributed by atoms with Crippen LogP contribution < -0.4 is 5.32 Å². The number of anilines is 1. The van der Waals surface area contributed by atoms with E-state index in [0.717, 1.165) is 11.5 Å². The van der Waals surface area contributed by atoms with Crippen LogP contribution in [0.2, 0.25) is 5.02 Å². The molecule has 76 valence electrons. The molecule has 0 aliphatic rings. The third-order valence-electron chi connectivity index (χ3n) is 1.91. The maximum atomic E-state index is 5.83. The van der Waals surface area contributed by atoms with Gasteiger partial charge in [0.1, 0.15) is 5.82 Å². The molecule has 3 heteroatoms. The predicted octanol–water partition coefficient (Wildman–Crippen LogP) is 3.71. The molecule has 1 heterocycles. The Morgan fingerprint density at radius 3 is 2.64 bits per heavy atom. The third-order valence-corrected chi connectivity index (χ3v) is 2.14. The molecule has 0 atom stereocenters. The van der Waals surface area contributed by atoms with E-state index in [0.29, 0.717) is 5.02 Å². The topological polar surface area (TPSA) is 24.9 Å². The SMILES string of the molecule is C=C(Nc1cc(Cl)ccn1)C(C)(C)C. The zero-order valence-corrected chi connectivity index (χ0v) is 9.52. The van der Waals surface area contributed by atoms with Crippen LogP contribution in [-0.4, -0.2) is 4.98 Å². The molecular weight excluding hydrogens is 196 g/mol. The molecule has 0 saturated carbocycles. The Labute approximate surface area is 90.0 Å².